The largest absolute Gasteiger partial charge is 0.481 e. The van der Waals surface area contributed by atoms with Crippen LogP contribution in [0.4, 0.5) is 0 Å². The highest BCUT2D eigenvalue weighted by Gasteiger charge is 2.51. The molecule has 2 bridgehead atoms. The first kappa shape index (κ1) is 16.2. The highest BCUT2D eigenvalue weighted by Crippen LogP contribution is 2.48. The molecule has 0 aromatic carbocycles. The summed E-state index contributed by atoms with van der Waals surface area (Å²) in [6, 6.07) is 0. The molecule has 4 unspecified atom stereocenters. The lowest BCUT2D eigenvalue weighted by Crippen LogP contribution is -2.40. The fourth-order valence-electron chi connectivity index (χ4n) is 3.63. The van der Waals surface area contributed by atoms with Gasteiger partial charge in [-0.2, -0.15) is 0 Å². The molecule has 1 aromatic rings. The monoisotopic (exact) mass is 334 g/mol. The molecule has 124 valence electrons. The summed E-state index contributed by atoms with van der Waals surface area (Å²) in [6.07, 6.45) is 5.44. The summed E-state index contributed by atoms with van der Waals surface area (Å²) in [7, 11) is 0. The van der Waals surface area contributed by atoms with Crippen LogP contribution in [0.2, 0.25) is 0 Å². The molecular formula is C17H22N2O3S. The molecule has 1 fully saturated rings. The molecule has 4 atom stereocenters. The molecule has 1 amide bonds. The maximum Gasteiger partial charge on any atom is 0.307 e. The number of rotatable bonds is 6. The van der Waals surface area contributed by atoms with E-state index in [4.69, 9.17) is 0 Å². The number of carboxylic acids is 1. The van der Waals surface area contributed by atoms with Gasteiger partial charge >= 0.3 is 5.97 Å². The molecule has 1 aromatic heterocycles. The van der Waals surface area contributed by atoms with Crippen LogP contribution in [0, 0.1) is 23.7 Å². The van der Waals surface area contributed by atoms with Gasteiger partial charge in [0.05, 0.1) is 22.5 Å². The van der Waals surface area contributed by atoms with E-state index in [1.807, 2.05) is 12.2 Å². The van der Waals surface area contributed by atoms with Crippen molar-refractivity contribution < 1.29 is 14.7 Å². The minimum absolute atomic E-state index is 0.0146. The van der Waals surface area contributed by atoms with Gasteiger partial charge in [0, 0.05) is 18.3 Å². The molecule has 5 nitrogen and oxygen atoms in total. The average molecular weight is 334 g/mol. The zero-order valence-corrected chi connectivity index (χ0v) is 14.2. The lowest BCUT2D eigenvalue weighted by atomic mass is 9.82. The highest BCUT2D eigenvalue weighted by molar-refractivity contribution is 7.09. The number of carboxylic acid groups (broad SMARTS) is 1. The first-order chi connectivity index (χ1) is 11.0. The zero-order chi connectivity index (χ0) is 16.6. The lowest BCUT2D eigenvalue weighted by Gasteiger charge is -2.23. The second kappa shape index (κ2) is 6.43. The number of thiazole rings is 1. The molecule has 0 radical (unpaired) electrons. The summed E-state index contributed by atoms with van der Waals surface area (Å²) in [5, 5.41) is 15.4. The van der Waals surface area contributed by atoms with Crippen molar-refractivity contribution in [3.8, 4) is 0 Å². The van der Waals surface area contributed by atoms with E-state index < -0.39 is 17.8 Å². The Morgan fingerprint density at radius 1 is 1.35 bits per heavy atom. The van der Waals surface area contributed by atoms with Gasteiger partial charge < -0.3 is 10.4 Å². The Morgan fingerprint density at radius 3 is 2.65 bits per heavy atom. The Kier molecular flexibility index (Phi) is 4.53. The van der Waals surface area contributed by atoms with Crippen LogP contribution in [0.3, 0.4) is 0 Å². The fourth-order valence-corrected chi connectivity index (χ4v) is 4.59. The van der Waals surface area contributed by atoms with Crippen molar-refractivity contribution in [2.24, 2.45) is 23.7 Å². The second-order valence-corrected chi connectivity index (χ2v) is 7.64. The normalized spacial score (nSPS) is 28.5. The lowest BCUT2D eigenvalue weighted by molar-refractivity contribution is -0.147. The number of aliphatic carboxylic acids is 1. The van der Waals surface area contributed by atoms with E-state index in [0.717, 1.165) is 17.1 Å². The molecule has 2 N–H and O–H groups in total. The van der Waals surface area contributed by atoms with Gasteiger partial charge in [-0.05, 0) is 24.2 Å². The summed E-state index contributed by atoms with van der Waals surface area (Å²) in [4.78, 5) is 28.4. The Hall–Kier alpha value is -1.69. The van der Waals surface area contributed by atoms with Gasteiger partial charge in [0.2, 0.25) is 5.91 Å². The predicted molar refractivity (Wildman–Crippen MR) is 88.3 cm³/mol. The number of carbonyl (C=O) groups is 2. The van der Waals surface area contributed by atoms with Gasteiger partial charge in [-0.1, -0.05) is 26.0 Å². The van der Waals surface area contributed by atoms with Crippen LogP contribution in [-0.4, -0.2) is 28.5 Å². The van der Waals surface area contributed by atoms with Crippen molar-refractivity contribution in [2.75, 3.05) is 6.54 Å². The average Bonchev–Trinajstić information content (AvgIpc) is 3.21. The molecule has 1 heterocycles. The number of nitrogens with zero attached hydrogens (tertiary/aromatic N) is 1. The van der Waals surface area contributed by atoms with Crippen molar-refractivity contribution in [2.45, 2.75) is 32.6 Å². The molecule has 0 saturated heterocycles. The van der Waals surface area contributed by atoms with Gasteiger partial charge in [-0.15, -0.1) is 11.3 Å². The summed E-state index contributed by atoms with van der Waals surface area (Å²) < 4.78 is 0. The number of fused-ring (bicyclic) bond motifs is 2. The zero-order valence-electron chi connectivity index (χ0n) is 13.4. The summed E-state index contributed by atoms with van der Waals surface area (Å²) in [5.41, 5.74) is 1.08. The van der Waals surface area contributed by atoms with E-state index in [-0.39, 0.29) is 17.7 Å². The first-order valence-corrected chi connectivity index (χ1v) is 8.98. The Morgan fingerprint density at radius 2 is 2.04 bits per heavy atom. The molecule has 23 heavy (non-hydrogen) atoms. The maximum absolute atomic E-state index is 12.4. The van der Waals surface area contributed by atoms with Crippen LogP contribution < -0.4 is 5.32 Å². The molecule has 1 saturated carbocycles. The van der Waals surface area contributed by atoms with Crippen LogP contribution in [0.15, 0.2) is 17.5 Å². The molecule has 0 aliphatic heterocycles. The third kappa shape index (κ3) is 3.17. The molecule has 0 spiro atoms. The van der Waals surface area contributed by atoms with Crippen LogP contribution in [-0.2, 0) is 16.0 Å². The van der Waals surface area contributed by atoms with Crippen molar-refractivity contribution in [3.05, 3.63) is 28.2 Å². The number of amides is 1. The topological polar surface area (TPSA) is 79.3 Å². The Bertz CT molecular complexity index is 638. The molecule has 2 aliphatic carbocycles. The van der Waals surface area contributed by atoms with Crippen LogP contribution in [0.1, 0.15) is 36.9 Å². The van der Waals surface area contributed by atoms with E-state index in [2.05, 4.69) is 29.5 Å². The van der Waals surface area contributed by atoms with Crippen molar-refractivity contribution in [3.63, 3.8) is 0 Å². The van der Waals surface area contributed by atoms with E-state index in [0.29, 0.717) is 18.9 Å². The number of nitrogens with one attached hydrogen (secondary N) is 1. The standard InChI is InChI=1S/C17H22N2O3S/c1-9(2)12-8-23-13(19-12)5-6-18-16(20)14-10-3-4-11(7-10)15(14)17(21)22/h3-4,8-11,14-15H,5-7H2,1-2H3,(H,18,20)(H,21,22). The number of hydrogen-bond acceptors (Lipinski definition) is 4. The van der Waals surface area contributed by atoms with E-state index in [1.165, 1.54) is 0 Å². The van der Waals surface area contributed by atoms with Gasteiger partial charge in [0.25, 0.3) is 0 Å². The van der Waals surface area contributed by atoms with Crippen molar-refractivity contribution in [1.82, 2.24) is 10.3 Å². The predicted octanol–water partition coefficient (Wildman–Crippen LogP) is 2.45. The van der Waals surface area contributed by atoms with Gasteiger partial charge in [-0.3, -0.25) is 9.59 Å². The van der Waals surface area contributed by atoms with E-state index >= 15 is 0 Å². The molecule has 2 aliphatic rings. The fraction of sp³-hybridized carbons (Fsp3) is 0.588. The van der Waals surface area contributed by atoms with Gasteiger partial charge in [-0.25, -0.2) is 4.98 Å². The SMILES string of the molecule is CC(C)c1csc(CCNC(=O)C2C3C=CC(C3)C2C(=O)O)n1. The van der Waals surface area contributed by atoms with Crippen LogP contribution in [0.5, 0.6) is 0 Å². The minimum atomic E-state index is -0.858. The van der Waals surface area contributed by atoms with E-state index in [1.54, 1.807) is 11.3 Å². The Labute approximate surface area is 139 Å². The highest BCUT2D eigenvalue weighted by atomic mass is 32.1. The number of hydrogen-bond donors (Lipinski definition) is 2. The molecule has 3 rings (SSSR count). The summed E-state index contributed by atoms with van der Waals surface area (Å²) >= 11 is 1.61. The summed E-state index contributed by atoms with van der Waals surface area (Å²) in [5.74, 6) is -1.48. The van der Waals surface area contributed by atoms with Crippen molar-refractivity contribution in [1.29, 1.82) is 0 Å². The molecular weight excluding hydrogens is 312 g/mol. The van der Waals surface area contributed by atoms with Crippen molar-refractivity contribution >= 4 is 23.2 Å². The summed E-state index contributed by atoms with van der Waals surface area (Å²) in [6.45, 7) is 4.72. The van der Waals surface area contributed by atoms with Gasteiger partial charge in [0.15, 0.2) is 0 Å². The third-order valence-electron chi connectivity index (χ3n) is 4.85. The number of allylic oxidation sites excluding steroid dienone is 2. The minimum Gasteiger partial charge on any atom is -0.481 e. The number of carbonyl (C=O) groups excluding carboxylic acids is 1. The third-order valence-corrected chi connectivity index (χ3v) is 5.77. The number of aromatic nitrogens is 1. The second-order valence-electron chi connectivity index (χ2n) is 6.70. The maximum atomic E-state index is 12.4. The smallest absolute Gasteiger partial charge is 0.307 e. The van der Waals surface area contributed by atoms with Crippen LogP contribution >= 0.6 is 11.3 Å². The quantitative estimate of drug-likeness (QED) is 0.783. The Balaban J connectivity index is 1.55. The first-order valence-electron chi connectivity index (χ1n) is 8.10. The van der Waals surface area contributed by atoms with E-state index in [9.17, 15) is 14.7 Å². The molecule has 6 heteroatoms. The van der Waals surface area contributed by atoms with Gasteiger partial charge in [0.1, 0.15) is 0 Å². The van der Waals surface area contributed by atoms with Crippen LogP contribution in [0.25, 0.3) is 0 Å².